The molecule has 0 spiro atoms. The summed E-state index contributed by atoms with van der Waals surface area (Å²) < 4.78 is 0. The second-order valence-electron chi connectivity index (χ2n) is 4.34. The zero-order chi connectivity index (χ0) is 14.6. The average molecular weight is 267 g/mol. The Labute approximate surface area is 108 Å². The van der Waals surface area contributed by atoms with Gasteiger partial charge in [0.2, 0.25) is 0 Å². The molecule has 0 aliphatic heterocycles. The second kappa shape index (κ2) is 5.47. The molecule has 1 aromatic carbocycles. The van der Waals surface area contributed by atoms with Gasteiger partial charge in [-0.15, -0.1) is 0 Å². The van der Waals surface area contributed by atoms with Crippen molar-refractivity contribution < 1.29 is 24.7 Å². The number of nitrogens with zero attached hydrogens (tertiary/aromatic N) is 1. The number of non-ortho nitro benzene ring substituents is 1. The molecule has 0 heterocycles. The van der Waals surface area contributed by atoms with E-state index in [9.17, 15) is 24.8 Å². The Bertz CT molecular complexity index is 527. The van der Waals surface area contributed by atoms with Crippen molar-refractivity contribution in [1.29, 1.82) is 0 Å². The van der Waals surface area contributed by atoms with Crippen LogP contribution in [0.25, 0.3) is 0 Å². The summed E-state index contributed by atoms with van der Waals surface area (Å²) in [7, 11) is 0. The van der Waals surface area contributed by atoms with Crippen LogP contribution >= 0.6 is 0 Å². The van der Waals surface area contributed by atoms with Gasteiger partial charge in [-0.05, 0) is 18.9 Å². The summed E-state index contributed by atoms with van der Waals surface area (Å²) in [5.74, 6) is -2.33. The van der Waals surface area contributed by atoms with E-state index in [1.807, 2.05) is 0 Å². The molecule has 1 rings (SSSR count). The van der Waals surface area contributed by atoms with Crippen LogP contribution in [0.2, 0.25) is 0 Å². The molecule has 7 nitrogen and oxygen atoms in total. The molecule has 0 aliphatic carbocycles. The number of hydrogen-bond donors (Lipinski definition) is 2. The van der Waals surface area contributed by atoms with Crippen LogP contribution in [0.3, 0.4) is 0 Å². The molecule has 1 aromatic rings. The molecule has 1 unspecified atom stereocenters. The van der Waals surface area contributed by atoms with Gasteiger partial charge >= 0.3 is 11.9 Å². The highest BCUT2D eigenvalue weighted by Gasteiger charge is 2.36. The summed E-state index contributed by atoms with van der Waals surface area (Å²) in [5.41, 5.74) is -1.47. The van der Waals surface area contributed by atoms with E-state index in [0.717, 1.165) is 6.07 Å². The van der Waals surface area contributed by atoms with Gasteiger partial charge in [0.15, 0.2) is 0 Å². The molecule has 0 aromatic heterocycles. The average Bonchev–Trinajstić information content (AvgIpc) is 2.35. The number of nitro groups is 1. The van der Waals surface area contributed by atoms with E-state index in [4.69, 9.17) is 5.11 Å². The van der Waals surface area contributed by atoms with Crippen LogP contribution < -0.4 is 0 Å². The largest absolute Gasteiger partial charge is 0.481 e. The summed E-state index contributed by atoms with van der Waals surface area (Å²) in [4.78, 5) is 32.0. The first kappa shape index (κ1) is 14.6. The molecule has 19 heavy (non-hydrogen) atoms. The van der Waals surface area contributed by atoms with Gasteiger partial charge in [-0.1, -0.05) is 12.1 Å². The lowest BCUT2D eigenvalue weighted by Crippen LogP contribution is -2.33. The summed E-state index contributed by atoms with van der Waals surface area (Å²) in [5, 5.41) is 28.6. The van der Waals surface area contributed by atoms with Crippen LogP contribution in [0.4, 0.5) is 5.69 Å². The van der Waals surface area contributed by atoms with Crippen molar-refractivity contribution in [3.63, 3.8) is 0 Å². The van der Waals surface area contributed by atoms with E-state index >= 15 is 0 Å². The van der Waals surface area contributed by atoms with E-state index in [-0.39, 0.29) is 24.1 Å². The smallest absolute Gasteiger partial charge is 0.313 e. The molecule has 0 saturated heterocycles. The number of carbonyl (C=O) groups is 2. The lowest BCUT2D eigenvalue weighted by Gasteiger charge is -2.24. The maximum atomic E-state index is 11.4. The van der Waals surface area contributed by atoms with Gasteiger partial charge in [-0.25, -0.2) is 0 Å². The minimum atomic E-state index is -1.47. The Morgan fingerprint density at radius 1 is 1.37 bits per heavy atom. The van der Waals surface area contributed by atoms with Crippen molar-refractivity contribution in [2.75, 3.05) is 0 Å². The molecule has 7 heteroatoms. The molecule has 0 aliphatic rings. The molecule has 2 N–H and O–H groups in total. The van der Waals surface area contributed by atoms with Crippen LogP contribution in [0.1, 0.15) is 25.3 Å². The highest BCUT2D eigenvalue weighted by Crippen LogP contribution is 2.31. The Hall–Kier alpha value is -2.44. The van der Waals surface area contributed by atoms with Gasteiger partial charge in [-0.2, -0.15) is 0 Å². The Kier molecular flexibility index (Phi) is 4.21. The number of rotatable bonds is 6. The van der Waals surface area contributed by atoms with Crippen molar-refractivity contribution in [2.45, 2.75) is 25.2 Å². The summed E-state index contributed by atoms with van der Waals surface area (Å²) in [6.07, 6.45) is -0.468. The Morgan fingerprint density at radius 2 is 2.00 bits per heavy atom. The van der Waals surface area contributed by atoms with Crippen LogP contribution in [0.5, 0.6) is 0 Å². The van der Waals surface area contributed by atoms with E-state index < -0.39 is 22.3 Å². The van der Waals surface area contributed by atoms with Crippen molar-refractivity contribution in [2.24, 2.45) is 0 Å². The van der Waals surface area contributed by atoms with Crippen molar-refractivity contribution in [3.8, 4) is 0 Å². The number of nitro benzene ring substituents is 1. The topological polar surface area (TPSA) is 118 Å². The number of hydrogen-bond acceptors (Lipinski definition) is 4. The maximum absolute atomic E-state index is 11.4. The van der Waals surface area contributed by atoms with Crippen molar-refractivity contribution >= 4 is 17.6 Å². The third kappa shape index (κ3) is 3.27. The van der Waals surface area contributed by atoms with E-state index in [1.165, 1.54) is 25.1 Å². The lowest BCUT2D eigenvalue weighted by molar-refractivity contribution is -0.384. The third-order valence-electron chi connectivity index (χ3n) is 3.00. The zero-order valence-corrected chi connectivity index (χ0v) is 10.2. The van der Waals surface area contributed by atoms with Crippen LogP contribution in [0, 0.1) is 10.1 Å². The normalized spacial score (nSPS) is 13.5. The van der Waals surface area contributed by atoms with Gasteiger partial charge < -0.3 is 10.2 Å². The molecule has 0 saturated carbocycles. The fourth-order valence-corrected chi connectivity index (χ4v) is 1.69. The SMILES string of the molecule is CC(CCC(=O)O)(C(=O)O)c1cccc([N+](=O)[O-])c1. The second-order valence-corrected chi connectivity index (χ2v) is 4.34. The molecule has 0 fully saturated rings. The number of aliphatic carboxylic acids is 2. The first-order valence-corrected chi connectivity index (χ1v) is 5.47. The Morgan fingerprint density at radius 3 is 2.47 bits per heavy atom. The first-order chi connectivity index (χ1) is 8.77. The molecular weight excluding hydrogens is 254 g/mol. The minimum absolute atomic E-state index is 0.140. The van der Waals surface area contributed by atoms with E-state index in [0.29, 0.717) is 0 Å². The van der Waals surface area contributed by atoms with E-state index in [2.05, 4.69) is 0 Å². The quantitative estimate of drug-likeness (QED) is 0.599. The maximum Gasteiger partial charge on any atom is 0.313 e. The van der Waals surface area contributed by atoms with Crippen molar-refractivity contribution in [1.82, 2.24) is 0 Å². The number of benzene rings is 1. The Balaban J connectivity index is 3.18. The fraction of sp³-hybridized carbons (Fsp3) is 0.333. The highest BCUT2D eigenvalue weighted by atomic mass is 16.6. The molecule has 0 amide bonds. The molecule has 0 bridgehead atoms. The molecule has 0 radical (unpaired) electrons. The van der Waals surface area contributed by atoms with Gasteiger partial charge in [-0.3, -0.25) is 19.7 Å². The van der Waals surface area contributed by atoms with Gasteiger partial charge in [0.25, 0.3) is 5.69 Å². The van der Waals surface area contributed by atoms with Crippen LogP contribution in [0.15, 0.2) is 24.3 Å². The van der Waals surface area contributed by atoms with Gasteiger partial charge in [0.1, 0.15) is 0 Å². The minimum Gasteiger partial charge on any atom is -0.481 e. The van der Waals surface area contributed by atoms with Crippen LogP contribution in [-0.2, 0) is 15.0 Å². The van der Waals surface area contributed by atoms with Gasteiger partial charge in [0.05, 0.1) is 10.3 Å². The molecular formula is C12H13NO6. The third-order valence-corrected chi connectivity index (χ3v) is 3.00. The van der Waals surface area contributed by atoms with Crippen LogP contribution in [-0.4, -0.2) is 27.1 Å². The predicted molar refractivity (Wildman–Crippen MR) is 65.0 cm³/mol. The number of carboxylic acid groups (broad SMARTS) is 2. The highest BCUT2D eigenvalue weighted by molar-refractivity contribution is 5.82. The first-order valence-electron chi connectivity index (χ1n) is 5.47. The monoisotopic (exact) mass is 267 g/mol. The van der Waals surface area contributed by atoms with Gasteiger partial charge in [0, 0.05) is 18.6 Å². The van der Waals surface area contributed by atoms with E-state index in [1.54, 1.807) is 0 Å². The molecule has 1 atom stereocenters. The fourth-order valence-electron chi connectivity index (χ4n) is 1.69. The predicted octanol–water partition coefficient (Wildman–Crippen LogP) is 1.80. The standard InChI is InChI=1S/C12H13NO6/c1-12(11(16)17,6-5-10(14)15)8-3-2-4-9(7-8)13(18)19/h2-4,7H,5-6H2,1H3,(H,14,15)(H,16,17). The van der Waals surface area contributed by atoms with Crippen molar-refractivity contribution in [3.05, 3.63) is 39.9 Å². The lowest BCUT2D eigenvalue weighted by atomic mass is 9.78. The zero-order valence-electron chi connectivity index (χ0n) is 10.2. The number of carboxylic acids is 2. The molecule has 102 valence electrons. The summed E-state index contributed by atoms with van der Waals surface area (Å²) in [6, 6.07) is 5.25. The summed E-state index contributed by atoms with van der Waals surface area (Å²) >= 11 is 0. The summed E-state index contributed by atoms with van der Waals surface area (Å²) in [6.45, 7) is 1.36.